The van der Waals surface area contributed by atoms with E-state index < -0.39 is 6.10 Å². The van der Waals surface area contributed by atoms with Crippen molar-refractivity contribution in [3.63, 3.8) is 0 Å². The van der Waals surface area contributed by atoms with Gasteiger partial charge in [-0.1, -0.05) is 15.9 Å². The minimum atomic E-state index is -0.541. The fourth-order valence-corrected chi connectivity index (χ4v) is 3.23. The second-order valence-electron chi connectivity index (χ2n) is 6.11. The van der Waals surface area contributed by atoms with Crippen LogP contribution in [0.2, 0.25) is 0 Å². The van der Waals surface area contributed by atoms with Gasteiger partial charge >= 0.3 is 0 Å². The van der Waals surface area contributed by atoms with Crippen LogP contribution in [0.5, 0.6) is 5.75 Å². The summed E-state index contributed by atoms with van der Waals surface area (Å²) in [5, 5.41) is 6.45. The number of nitrogens with one attached hydrogen (secondary N) is 2. The lowest BCUT2D eigenvalue weighted by Gasteiger charge is -2.23. The topological polar surface area (TPSA) is 80.6 Å². The van der Waals surface area contributed by atoms with Crippen molar-refractivity contribution in [3.8, 4) is 5.75 Å². The highest BCUT2D eigenvalue weighted by Crippen LogP contribution is 2.33. The average molecular weight is 415 g/mol. The molecule has 2 amide bonds. The van der Waals surface area contributed by atoms with E-state index in [1.165, 1.54) is 0 Å². The normalized spacial score (nSPS) is 16.0. The molecule has 1 aliphatic heterocycles. The number of carbonyl (C=O) groups is 2. The molecule has 0 radical (unpaired) electrons. The van der Waals surface area contributed by atoms with Crippen molar-refractivity contribution in [2.75, 3.05) is 10.6 Å². The van der Waals surface area contributed by atoms with Crippen molar-refractivity contribution < 1.29 is 18.7 Å². The van der Waals surface area contributed by atoms with Gasteiger partial charge in [-0.15, -0.1) is 0 Å². The van der Waals surface area contributed by atoms with Gasteiger partial charge in [-0.25, -0.2) is 0 Å². The van der Waals surface area contributed by atoms with Crippen LogP contribution < -0.4 is 15.4 Å². The molecule has 0 fully saturated rings. The Morgan fingerprint density at radius 2 is 2.04 bits per heavy atom. The third kappa shape index (κ3) is 2.84. The van der Waals surface area contributed by atoms with Crippen LogP contribution in [-0.4, -0.2) is 17.9 Å². The summed E-state index contributed by atoms with van der Waals surface area (Å²) in [5.41, 5.74) is 2.47. The zero-order chi connectivity index (χ0) is 18.4. The highest BCUT2D eigenvalue weighted by molar-refractivity contribution is 9.10. The van der Waals surface area contributed by atoms with E-state index in [2.05, 4.69) is 26.6 Å². The minimum absolute atomic E-state index is 0.223. The number of carbonyl (C=O) groups excluding carboxylic acids is 2. The van der Waals surface area contributed by atoms with Gasteiger partial charge in [0.05, 0.1) is 5.69 Å². The maximum atomic E-state index is 12.6. The average Bonchev–Trinajstić information content (AvgIpc) is 2.92. The van der Waals surface area contributed by atoms with Crippen molar-refractivity contribution in [3.05, 3.63) is 52.2 Å². The molecule has 1 atom stereocenters. The number of halogens is 1. The first-order valence-corrected chi connectivity index (χ1v) is 8.83. The number of rotatable bonds is 2. The van der Waals surface area contributed by atoms with Gasteiger partial charge in [-0.05, 0) is 50.2 Å². The molecule has 4 rings (SSSR count). The molecule has 7 heteroatoms. The van der Waals surface area contributed by atoms with E-state index in [0.29, 0.717) is 22.7 Å². The van der Waals surface area contributed by atoms with Crippen LogP contribution in [0.4, 0.5) is 11.4 Å². The van der Waals surface area contributed by atoms with Gasteiger partial charge in [0.25, 0.3) is 11.8 Å². The molecule has 0 unspecified atom stereocenters. The van der Waals surface area contributed by atoms with Crippen LogP contribution in [-0.2, 0) is 4.79 Å². The predicted octanol–water partition coefficient (Wildman–Crippen LogP) is 4.48. The highest BCUT2D eigenvalue weighted by Gasteiger charge is 2.24. The van der Waals surface area contributed by atoms with Gasteiger partial charge in [0.2, 0.25) is 0 Å². The molecule has 1 aromatic heterocycles. The maximum Gasteiger partial charge on any atom is 0.291 e. The smallest absolute Gasteiger partial charge is 0.291 e. The predicted molar refractivity (Wildman–Crippen MR) is 102 cm³/mol. The van der Waals surface area contributed by atoms with Gasteiger partial charge in [0, 0.05) is 21.1 Å². The molecule has 2 aromatic carbocycles. The summed E-state index contributed by atoms with van der Waals surface area (Å²) in [7, 11) is 0. The van der Waals surface area contributed by atoms with E-state index >= 15 is 0 Å². The first-order chi connectivity index (χ1) is 12.4. The van der Waals surface area contributed by atoms with E-state index in [-0.39, 0.29) is 17.6 Å². The molecule has 0 aliphatic carbocycles. The zero-order valence-corrected chi connectivity index (χ0v) is 15.6. The van der Waals surface area contributed by atoms with Crippen LogP contribution in [0.15, 0.2) is 45.3 Å². The SMILES string of the molecule is Cc1c(C(=O)Nc2ccc3c(c2)NC(=O)[C@H](C)O3)oc2cc(Br)ccc12. The molecule has 2 N–H and O–H groups in total. The van der Waals surface area contributed by atoms with Crippen molar-refractivity contribution in [2.24, 2.45) is 0 Å². The molecule has 0 spiro atoms. The third-order valence-electron chi connectivity index (χ3n) is 4.27. The number of fused-ring (bicyclic) bond motifs is 2. The minimum Gasteiger partial charge on any atom is -0.479 e. The Morgan fingerprint density at radius 1 is 1.23 bits per heavy atom. The monoisotopic (exact) mass is 414 g/mol. The lowest BCUT2D eigenvalue weighted by molar-refractivity contribution is -0.122. The van der Waals surface area contributed by atoms with Crippen LogP contribution in [0.25, 0.3) is 11.0 Å². The summed E-state index contributed by atoms with van der Waals surface area (Å²) in [6.45, 7) is 3.52. The molecule has 26 heavy (non-hydrogen) atoms. The number of hydrogen-bond donors (Lipinski definition) is 2. The summed E-state index contributed by atoms with van der Waals surface area (Å²) in [6, 6.07) is 10.7. The van der Waals surface area contributed by atoms with Crippen molar-refractivity contribution in [1.82, 2.24) is 0 Å². The van der Waals surface area contributed by atoms with Crippen LogP contribution in [0, 0.1) is 6.92 Å². The molecular weight excluding hydrogens is 400 g/mol. The Balaban J connectivity index is 1.62. The highest BCUT2D eigenvalue weighted by atomic mass is 79.9. The molecule has 0 saturated heterocycles. The van der Waals surface area contributed by atoms with Gasteiger partial charge in [-0.3, -0.25) is 9.59 Å². The Morgan fingerprint density at radius 3 is 2.85 bits per heavy atom. The second kappa shape index (κ2) is 6.17. The Hall–Kier alpha value is -2.80. The van der Waals surface area contributed by atoms with E-state index in [4.69, 9.17) is 9.15 Å². The summed E-state index contributed by atoms with van der Waals surface area (Å²) in [6.07, 6.45) is -0.541. The van der Waals surface area contributed by atoms with E-state index in [1.54, 1.807) is 25.1 Å². The number of amides is 2. The Bertz CT molecular complexity index is 1060. The lowest BCUT2D eigenvalue weighted by atomic mass is 10.1. The number of benzene rings is 2. The fraction of sp³-hybridized carbons (Fsp3) is 0.158. The zero-order valence-electron chi connectivity index (χ0n) is 14.1. The van der Waals surface area contributed by atoms with Crippen molar-refractivity contribution >= 4 is 50.1 Å². The van der Waals surface area contributed by atoms with Crippen LogP contribution in [0.1, 0.15) is 23.0 Å². The molecule has 0 saturated carbocycles. The molecule has 2 heterocycles. The third-order valence-corrected chi connectivity index (χ3v) is 4.77. The first kappa shape index (κ1) is 16.7. The van der Waals surface area contributed by atoms with Gasteiger partial charge < -0.3 is 19.8 Å². The summed E-state index contributed by atoms with van der Waals surface area (Å²) >= 11 is 3.39. The maximum absolute atomic E-state index is 12.6. The summed E-state index contributed by atoms with van der Waals surface area (Å²) < 4.78 is 12.1. The quantitative estimate of drug-likeness (QED) is 0.647. The molecule has 6 nitrogen and oxygen atoms in total. The summed E-state index contributed by atoms with van der Waals surface area (Å²) in [5.74, 6) is 0.246. The summed E-state index contributed by atoms with van der Waals surface area (Å²) in [4.78, 5) is 24.4. The van der Waals surface area contributed by atoms with Crippen LogP contribution >= 0.6 is 15.9 Å². The second-order valence-corrected chi connectivity index (χ2v) is 7.03. The molecule has 3 aromatic rings. The van der Waals surface area contributed by atoms with Gasteiger partial charge in [-0.2, -0.15) is 0 Å². The number of aryl methyl sites for hydroxylation is 1. The Labute approximate surface area is 157 Å². The molecule has 1 aliphatic rings. The van der Waals surface area contributed by atoms with Crippen molar-refractivity contribution in [2.45, 2.75) is 20.0 Å². The number of anilines is 2. The number of furan rings is 1. The molecule has 0 bridgehead atoms. The number of ether oxygens (including phenoxy) is 1. The molecular formula is C19H15BrN2O4. The lowest BCUT2D eigenvalue weighted by Crippen LogP contribution is -2.34. The molecule has 132 valence electrons. The van der Waals surface area contributed by atoms with E-state index in [0.717, 1.165) is 15.4 Å². The Kier molecular flexibility index (Phi) is 3.96. The standard InChI is InChI=1S/C19H15BrN2O4/c1-9-13-5-3-11(20)7-16(13)26-17(9)19(24)21-12-4-6-15-14(8-12)22-18(23)10(2)25-15/h3-8,10H,1-2H3,(H,21,24)(H,22,23)/t10-/m0/s1. The van der Waals surface area contributed by atoms with Crippen molar-refractivity contribution in [1.29, 1.82) is 0 Å². The largest absolute Gasteiger partial charge is 0.479 e. The first-order valence-electron chi connectivity index (χ1n) is 8.04. The van der Waals surface area contributed by atoms with Gasteiger partial charge in [0.15, 0.2) is 11.9 Å². The van der Waals surface area contributed by atoms with E-state index in [9.17, 15) is 9.59 Å². The fourth-order valence-electron chi connectivity index (χ4n) is 2.89. The van der Waals surface area contributed by atoms with Crippen LogP contribution in [0.3, 0.4) is 0 Å². The van der Waals surface area contributed by atoms with E-state index in [1.807, 2.05) is 25.1 Å². The number of hydrogen-bond acceptors (Lipinski definition) is 4. The van der Waals surface area contributed by atoms with Gasteiger partial charge in [0.1, 0.15) is 11.3 Å².